The first-order valence-corrected chi connectivity index (χ1v) is 7.03. The highest BCUT2D eigenvalue weighted by Crippen LogP contribution is 2.36. The van der Waals surface area contributed by atoms with E-state index in [2.05, 4.69) is 0 Å². The molecule has 0 saturated heterocycles. The Morgan fingerprint density at radius 2 is 1.45 bits per heavy atom. The highest BCUT2D eigenvalue weighted by atomic mass is 16.6. The quantitative estimate of drug-likeness (QED) is 0.615. The van der Waals surface area contributed by atoms with Crippen molar-refractivity contribution < 1.29 is 15.0 Å². The molecule has 122 valence electrons. The van der Waals surface area contributed by atoms with Crippen molar-refractivity contribution in [3.05, 3.63) is 56.1 Å². The molecule has 1 aromatic rings. The van der Waals surface area contributed by atoms with Crippen molar-refractivity contribution in [3.63, 3.8) is 0 Å². The van der Waals surface area contributed by atoms with E-state index in [1.54, 1.807) is 30.3 Å². The lowest BCUT2D eigenvalue weighted by Gasteiger charge is -2.31. The summed E-state index contributed by atoms with van der Waals surface area (Å²) >= 11 is 0. The van der Waals surface area contributed by atoms with Crippen molar-refractivity contribution >= 4 is 0 Å². The summed E-state index contributed by atoms with van der Waals surface area (Å²) in [5.41, 5.74) is -2.24. The molecule has 1 N–H and O–H groups in total. The lowest BCUT2D eigenvalue weighted by molar-refractivity contribution is -0.578. The summed E-state index contributed by atoms with van der Waals surface area (Å²) in [7, 11) is 0. The van der Waals surface area contributed by atoms with E-state index in [-0.39, 0.29) is 6.42 Å². The first-order valence-electron chi connectivity index (χ1n) is 7.03. The number of nitro groups is 2. The average molecular weight is 310 g/mol. The number of rotatable bonds is 7. The number of hydrogen-bond donors (Lipinski definition) is 1. The molecule has 7 heteroatoms. The number of benzene rings is 1. The molecule has 2 atom stereocenters. The van der Waals surface area contributed by atoms with Crippen LogP contribution in [0.3, 0.4) is 0 Å². The molecular weight excluding hydrogens is 288 g/mol. The van der Waals surface area contributed by atoms with Gasteiger partial charge in [0.25, 0.3) is 0 Å². The van der Waals surface area contributed by atoms with Gasteiger partial charge in [0, 0.05) is 37.5 Å². The first-order chi connectivity index (χ1) is 10.0. The van der Waals surface area contributed by atoms with E-state index in [4.69, 9.17) is 0 Å². The Morgan fingerprint density at radius 1 is 1.00 bits per heavy atom. The van der Waals surface area contributed by atoms with Crippen LogP contribution in [0.15, 0.2) is 30.3 Å². The smallest absolute Gasteiger partial charge is 0.242 e. The number of nitrogens with zero attached hydrogens (tertiary/aromatic N) is 2. The Hall–Kier alpha value is -2.02. The zero-order valence-electron chi connectivity index (χ0n) is 13.2. The molecular formula is C15H22N2O5. The van der Waals surface area contributed by atoms with Crippen LogP contribution in [-0.4, -0.2) is 32.1 Å². The number of aliphatic hydroxyl groups excluding tert-OH is 1. The van der Waals surface area contributed by atoms with Gasteiger partial charge in [0.05, 0.1) is 5.92 Å². The van der Waals surface area contributed by atoms with Crippen molar-refractivity contribution in [1.82, 2.24) is 0 Å². The molecule has 0 amide bonds. The molecule has 0 aromatic heterocycles. The summed E-state index contributed by atoms with van der Waals surface area (Å²) in [6.07, 6.45) is -1.36. The predicted octanol–water partition coefficient (Wildman–Crippen LogP) is 2.63. The Balaban J connectivity index is 3.19. The van der Waals surface area contributed by atoms with Crippen molar-refractivity contribution in [2.24, 2.45) is 0 Å². The maximum absolute atomic E-state index is 11.4. The second-order valence-corrected chi connectivity index (χ2v) is 6.54. The van der Waals surface area contributed by atoms with E-state index in [1.165, 1.54) is 27.7 Å². The summed E-state index contributed by atoms with van der Waals surface area (Å²) in [6, 6.07) is 8.77. The third-order valence-corrected chi connectivity index (χ3v) is 4.27. The topological polar surface area (TPSA) is 107 Å². The van der Waals surface area contributed by atoms with Crippen LogP contribution in [0.2, 0.25) is 0 Å². The lowest BCUT2D eigenvalue weighted by Crippen LogP contribution is -2.47. The molecule has 0 saturated carbocycles. The Bertz CT molecular complexity index is 542. The van der Waals surface area contributed by atoms with Crippen LogP contribution in [0.4, 0.5) is 0 Å². The van der Waals surface area contributed by atoms with Gasteiger partial charge in [0.15, 0.2) is 0 Å². The Kier molecular flexibility index (Phi) is 5.24. The monoisotopic (exact) mass is 310 g/mol. The molecule has 2 unspecified atom stereocenters. The second kappa shape index (κ2) is 6.39. The van der Waals surface area contributed by atoms with Gasteiger partial charge < -0.3 is 5.11 Å². The minimum Gasteiger partial charge on any atom is -0.386 e. The van der Waals surface area contributed by atoms with Crippen LogP contribution >= 0.6 is 0 Å². The second-order valence-electron chi connectivity index (χ2n) is 6.54. The van der Waals surface area contributed by atoms with Crippen molar-refractivity contribution in [2.45, 2.75) is 57.2 Å². The molecule has 0 aliphatic heterocycles. The SMILES string of the molecule is CC(C)(C(O)CC(c1ccccc1)C(C)(C)[N+](=O)[O-])[N+](=O)[O-]. The van der Waals surface area contributed by atoms with E-state index >= 15 is 0 Å². The van der Waals surface area contributed by atoms with Crippen molar-refractivity contribution in [1.29, 1.82) is 0 Å². The van der Waals surface area contributed by atoms with Crippen LogP contribution in [0.1, 0.15) is 45.6 Å². The Morgan fingerprint density at radius 3 is 1.86 bits per heavy atom. The summed E-state index contributed by atoms with van der Waals surface area (Å²) in [5.74, 6) is -0.641. The molecule has 0 aliphatic carbocycles. The van der Waals surface area contributed by atoms with E-state index in [1.807, 2.05) is 0 Å². The van der Waals surface area contributed by atoms with Gasteiger partial charge in [-0.05, 0) is 12.0 Å². The van der Waals surface area contributed by atoms with Gasteiger partial charge in [-0.15, -0.1) is 0 Å². The molecule has 1 aromatic carbocycles. The van der Waals surface area contributed by atoms with Crippen molar-refractivity contribution in [3.8, 4) is 0 Å². The lowest BCUT2D eigenvalue weighted by atomic mass is 9.76. The van der Waals surface area contributed by atoms with Crippen molar-refractivity contribution in [2.75, 3.05) is 0 Å². The molecule has 22 heavy (non-hydrogen) atoms. The fourth-order valence-corrected chi connectivity index (χ4v) is 2.28. The summed E-state index contributed by atoms with van der Waals surface area (Å²) < 4.78 is 0. The highest BCUT2D eigenvalue weighted by Gasteiger charge is 2.48. The number of hydrogen-bond acceptors (Lipinski definition) is 5. The van der Waals surface area contributed by atoms with Gasteiger partial charge in [-0.25, -0.2) is 0 Å². The van der Waals surface area contributed by atoms with Crippen LogP contribution in [-0.2, 0) is 0 Å². The molecule has 0 fully saturated rings. The summed E-state index contributed by atoms with van der Waals surface area (Å²) in [5, 5.41) is 32.7. The fraction of sp³-hybridized carbons (Fsp3) is 0.600. The molecule has 0 aliphatic rings. The third-order valence-electron chi connectivity index (χ3n) is 4.27. The van der Waals surface area contributed by atoms with E-state index in [0.29, 0.717) is 5.56 Å². The molecule has 0 bridgehead atoms. The highest BCUT2D eigenvalue weighted by molar-refractivity contribution is 5.22. The van der Waals surface area contributed by atoms with Gasteiger partial charge in [-0.1, -0.05) is 30.3 Å². The largest absolute Gasteiger partial charge is 0.386 e. The Labute approximate surface area is 129 Å². The molecule has 1 rings (SSSR count). The van der Waals surface area contributed by atoms with Crippen LogP contribution in [0.25, 0.3) is 0 Å². The minimum absolute atomic E-state index is 0.0635. The van der Waals surface area contributed by atoms with Gasteiger partial charge in [0.1, 0.15) is 6.10 Å². The molecule has 7 nitrogen and oxygen atoms in total. The van der Waals surface area contributed by atoms with Gasteiger partial charge >= 0.3 is 0 Å². The first kappa shape index (κ1) is 18.0. The molecule has 0 spiro atoms. The number of aliphatic hydroxyl groups is 1. The zero-order valence-corrected chi connectivity index (χ0v) is 13.2. The van der Waals surface area contributed by atoms with Gasteiger partial charge in [0.2, 0.25) is 11.1 Å². The standard InChI is InChI=1S/C15H22N2O5/c1-14(2,16(19)20)12(11-8-6-5-7-9-11)10-13(18)15(3,4)17(21)22/h5-9,12-13,18H,10H2,1-4H3. The fourth-order valence-electron chi connectivity index (χ4n) is 2.28. The normalized spacial score (nSPS) is 15.1. The maximum atomic E-state index is 11.4. The van der Waals surface area contributed by atoms with E-state index in [0.717, 1.165) is 0 Å². The van der Waals surface area contributed by atoms with Crippen LogP contribution in [0, 0.1) is 20.2 Å². The van der Waals surface area contributed by atoms with Crippen LogP contribution in [0.5, 0.6) is 0 Å². The maximum Gasteiger partial charge on any atom is 0.242 e. The predicted molar refractivity (Wildman–Crippen MR) is 82.0 cm³/mol. The van der Waals surface area contributed by atoms with E-state index < -0.39 is 32.9 Å². The zero-order chi connectivity index (χ0) is 17.1. The van der Waals surface area contributed by atoms with E-state index in [9.17, 15) is 25.3 Å². The third kappa shape index (κ3) is 3.59. The summed E-state index contributed by atoms with van der Waals surface area (Å²) in [4.78, 5) is 21.5. The van der Waals surface area contributed by atoms with Crippen LogP contribution < -0.4 is 0 Å². The van der Waals surface area contributed by atoms with Gasteiger partial charge in [-0.2, -0.15) is 0 Å². The van der Waals surface area contributed by atoms with Gasteiger partial charge in [-0.3, -0.25) is 20.2 Å². The molecule has 0 radical (unpaired) electrons. The molecule has 0 heterocycles. The average Bonchev–Trinajstić information content (AvgIpc) is 2.44. The summed E-state index contributed by atoms with van der Waals surface area (Å²) in [6.45, 7) is 5.57. The minimum atomic E-state index is -1.57.